The van der Waals surface area contributed by atoms with Crippen molar-refractivity contribution in [1.82, 2.24) is 4.98 Å². The molecule has 3 nitrogen and oxygen atoms in total. The summed E-state index contributed by atoms with van der Waals surface area (Å²) in [7, 11) is 0. The molecule has 0 unspecified atom stereocenters. The molecule has 0 spiro atoms. The predicted molar refractivity (Wildman–Crippen MR) is 59.8 cm³/mol. The minimum atomic E-state index is 0.325. The molecule has 0 aliphatic carbocycles. The molecule has 0 saturated carbocycles. The van der Waals surface area contributed by atoms with Crippen LogP contribution in [0.1, 0.15) is 0 Å². The number of rotatable bonds is 1. The highest BCUT2D eigenvalue weighted by atomic mass is 32.1. The summed E-state index contributed by atoms with van der Waals surface area (Å²) < 4.78 is 1.30. The summed E-state index contributed by atoms with van der Waals surface area (Å²) in [6.07, 6.45) is 1.87. The van der Waals surface area contributed by atoms with E-state index in [1.807, 2.05) is 6.20 Å². The largest absolute Gasteiger partial charge is 0.353 e. The molecule has 0 amide bonds. The summed E-state index contributed by atoms with van der Waals surface area (Å²) in [4.78, 5) is 6.65. The van der Waals surface area contributed by atoms with Crippen molar-refractivity contribution in [2.24, 2.45) is 5.73 Å². The van der Waals surface area contributed by atoms with E-state index >= 15 is 0 Å². The molecule has 3 heterocycles. The topological polar surface area (TPSA) is 42.1 Å². The normalized spacial score (nSPS) is 17.4. The lowest BCUT2D eigenvalue weighted by Gasteiger charge is -2.38. The molecule has 1 aliphatic rings. The summed E-state index contributed by atoms with van der Waals surface area (Å²) in [5, 5.41) is 3.36. The highest BCUT2D eigenvalue weighted by Gasteiger charge is 2.25. The number of hydrogen-bond acceptors (Lipinski definition) is 4. The van der Waals surface area contributed by atoms with Gasteiger partial charge in [-0.3, -0.25) is 0 Å². The minimum Gasteiger partial charge on any atom is -0.353 e. The van der Waals surface area contributed by atoms with Crippen LogP contribution < -0.4 is 10.6 Å². The maximum atomic E-state index is 5.76. The van der Waals surface area contributed by atoms with E-state index in [4.69, 9.17) is 5.73 Å². The Morgan fingerprint density at radius 2 is 2.29 bits per heavy atom. The average Bonchev–Trinajstić information content (AvgIpc) is 2.60. The zero-order chi connectivity index (χ0) is 9.54. The van der Waals surface area contributed by atoms with Crippen molar-refractivity contribution in [3.8, 4) is 0 Å². The lowest BCUT2D eigenvalue weighted by Crippen LogP contribution is -2.56. The maximum Gasteiger partial charge on any atom is 0.137 e. The summed E-state index contributed by atoms with van der Waals surface area (Å²) in [5.41, 5.74) is 5.76. The number of pyridine rings is 1. The Morgan fingerprint density at radius 3 is 3.07 bits per heavy atom. The number of hydrogen-bond donors (Lipinski definition) is 1. The van der Waals surface area contributed by atoms with Crippen LogP contribution in [0.5, 0.6) is 0 Å². The Balaban J connectivity index is 2.07. The van der Waals surface area contributed by atoms with Crippen molar-refractivity contribution in [2.75, 3.05) is 18.0 Å². The van der Waals surface area contributed by atoms with Gasteiger partial charge in [0.05, 0.1) is 0 Å². The summed E-state index contributed by atoms with van der Waals surface area (Å²) >= 11 is 1.76. The van der Waals surface area contributed by atoms with Crippen LogP contribution in [0.2, 0.25) is 0 Å². The predicted octanol–water partition coefficient (Wildman–Crippen LogP) is 1.44. The van der Waals surface area contributed by atoms with Gasteiger partial charge >= 0.3 is 0 Å². The quantitative estimate of drug-likeness (QED) is 0.766. The highest BCUT2D eigenvalue weighted by Crippen LogP contribution is 2.30. The number of anilines is 1. The second kappa shape index (κ2) is 2.93. The van der Waals surface area contributed by atoms with Crippen molar-refractivity contribution in [3.63, 3.8) is 0 Å². The lowest BCUT2D eigenvalue weighted by atomic mass is 10.1. The standard InChI is InChI=1S/C10H11N3S/c11-7-5-13(6-7)10-8-2-4-14-9(8)1-3-12-10/h1-4,7H,5-6,11H2. The second-order valence-electron chi connectivity index (χ2n) is 3.63. The molecule has 0 aromatic carbocycles. The maximum absolute atomic E-state index is 5.76. The third-order valence-corrected chi connectivity index (χ3v) is 3.45. The second-order valence-corrected chi connectivity index (χ2v) is 4.58. The van der Waals surface area contributed by atoms with Crippen LogP contribution >= 0.6 is 11.3 Å². The SMILES string of the molecule is NC1CN(c2nccc3sccc23)C1. The van der Waals surface area contributed by atoms with E-state index in [0.29, 0.717) is 6.04 Å². The van der Waals surface area contributed by atoms with Crippen LogP contribution in [-0.2, 0) is 0 Å². The van der Waals surface area contributed by atoms with Gasteiger partial charge in [-0.15, -0.1) is 11.3 Å². The Labute approximate surface area is 86.2 Å². The molecule has 0 atom stereocenters. The molecule has 14 heavy (non-hydrogen) atoms. The molecule has 72 valence electrons. The number of aromatic nitrogens is 1. The summed E-state index contributed by atoms with van der Waals surface area (Å²) in [5.74, 6) is 1.09. The van der Waals surface area contributed by atoms with Crippen molar-refractivity contribution in [1.29, 1.82) is 0 Å². The van der Waals surface area contributed by atoms with Gasteiger partial charge in [-0.2, -0.15) is 0 Å². The number of nitrogens with zero attached hydrogens (tertiary/aromatic N) is 2. The van der Waals surface area contributed by atoms with E-state index in [0.717, 1.165) is 18.9 Å². The zero-order valence-corrected chi connectivity index (χ0v) is 8.50. The summed E-state index contributed by atoms with van der Waals surface area (Å²) in [6, 6.07) is 4.51. The summed E-state index contributed by atoms with van der Waals surface area (Å²) in [6.45, 7) is 1.86. The van der Waals surface area contributed by atoms with Gasteiger partial charge in [-0.1, -0.05) is 0 Å². The lowest BCUT2D eigenvalue weighted by molar-refractivity contribution is 0.516. The third-order valence-electron chi connectivity index (χ3n) is 2.57. The Morgan fingerprint density at radius 1 is 1.43 bits per heavy atom. The average molecular weight is 205 g/mol. The molecule has 2 N–H and O–H groups in total. The fraction of sp³-hybridized carbons (Fsp3) is 0.300. The van der Waals surface area contributed by atoms with Crippen LogP contribution in [0, 0.1) is 0 Å². The molecule has 0 bridgehead atoms. The third kappa shape index (κ3) is 1.11. The molecule has 4 heteroatoms. The number of fused-ring (bicyclic) bond motifs is 1. The number of thiophene rings is 1. The van der Waals surface area contributed by atoms with Crippen LogP contribution in [0.4, 0.5) is 5.82 Å². The fourth-order valence-electron chi connectivity index (χ4n) is 1.82. The van der Waals surface area contributed by atoms with E-state index in [9.17, 15) is 0 Å². The molecule has 0 radical (unpaired) electrons. The Kier molecular flexibility index (Phi) is 1.72. The van der Waals surface area contributed by atoms with E-state index in [2.05, 4.69) is 27.4 Å². The van der Waals surface area contributed by atoms with Crippen molar-refractivity contribution < 1.29 is 0 Å². The number of nitrogens with two attached hydrogens (primary N) is 1. The van der Waals surface area contributed by atoms with Crippen molar-refractivity contribution >= 4 is 27.2 Å². The van der Waals surface area contributed by atoms with Crippen LogP contribution in [-0.4, -0.2) is 24.1 Å². The highest BCUT2D eigenvalue weighted by molar-refractivity contribution is 7.17. The molecular formula is C10H11N3S. The molecule has 3 rings (SSSR count). The van der Waals surface area contributed by atoms with Gasteiger partial charge in [0, 0.05) is 35.4 Å². The Bertz CT molecular complexity index is 459. The van der Waals surface area contributed by atoms with Crippen molar-refractivity contribution in [3.05, 3.63) is 23.7 Å². The van der Waals surface area contributed by atoms with E-state index in [1.165, 1.54) is 10.1 Å². The molecule has 1 saturated heterocycles. The van der Waals surface area contributed by atoms with Crippen LogP contribution in [0.25, 0.3) is 10.1 Å². The first-order valence-corrected chi connectivity index (χ1v) is 5.55. The van der Waals surface area contributed by atoms with Gasteiger partial charge in [0.15, 0.2) is 0 Å². The first kappa shape index (κ1) is 8.20. The zero-order valence-electron chi connectivity index (χ0n) is 7.68. The first-order chi connectivity index (χ1) is 6.84. The van der Waals surface area contributed by atoms with E-state index in [-0.39, 0.29) is 0 Å². The molecular weight excluding hydrogens is 194 g/mol. The van der Waals surface area contributed by atoms with E-state index < -0.39 is 0 Å². The van der Waals surface area contributed by atoms with Crippen LogP contribution in [0.15, 0.2) is 23.7 Å². The Hall–Kier alpha value is -1.13. The monoisotopic (exact) mass is 205 g/mol. The smallest absolute Gasteiger partial charge is 0.137 e. The van der Waals surface area contributed by atoms with Gasteiger partial charge in [-0.25, -0.2) is 4.98 Å². The molecule has 1 fully saturated rings. The molecule has 2 aromatic rings. The van der Waals surface area contributed by atoms with Gasteiger partial charge in [0.2, 0.25) is 0 Å². The van der Waals surface area contributed by atoms with Gasteiger partial charge in [0.1, 0.15) is 5.82 Å². The molecule has 2 aromatic heterocycles. The van der Waals surface area contributed by atoms with Crippen LogP contribution in [0.3, 0.4) is 0 Å². The minimum absolute atomic E-state index is 0.325. The van der Waals surface area contributed by atoms with E-state index in [1.54, 1.807) is 11.3 Å². The van der Waals surface area contributed by atoms with Gasteiger partial charge in [-0.05, 0) is 17.5 Å². The first-order valence-electron chi connectivity index (χ1n) is 4.67. The van der Waals surface area contributed by atoms with Gasteiger partial charge in [0.25, 0.3) is 0 Å². The fourth-order valence-corrected chi connectivity index (χ4v) is 2.59. The van der Waals surface area contributed by atoms with Gasteiger partial charge < -0.3 is 10.6 Å². The van der Waals surface area contributed by atoms with Crippen molar-refractivity contribution in [2.45, 2.75) is 6.04 Å². The molecule has 1 aliphatic heterocycles.